The van der Waals surface area contributed by atoms with Gasteiger partial charge in [-0.1, -0.05) is 46.6 Å². The molecule has 0 aliphatic rings. The largest absolute Gasteiger partial charge is 0.406 e. The third kappa shape index (κ3) is 3.16. The zero-order chi connectivity index (χ0) is 13.0. The van der Waals surface area contributed by atoms with Crippen LogP contribution in [0.3, 0.4) is 0 Å². The molecule has 0 fully saturated rings. The Morgan fingerprint density at radius 1 is 0.778 bits per heavy atom. The summed E-state index contributed by atoms with van der Waals surface area (Å²) in [5.41, 5.74) is 1.47. The van der Waals surface area contributed by atoms with Gasteiger partial charge >= 0.3 is 10.3 Å². The fourth-order valence-electron chi connectivity index (χ4n) is 1.42. The summed E-state index contributed by atoms with van der Waals surface area (Å²) in [6, 6.07) is 16.6. The average Bonchev–Trinajstić information content (AvgIpc) is 2.40. The van der Waals surface area contributed by atoms with Crippen LogP contribution in [0.1, 0.15) is 11.1 Å². The van der Waals surface area contributed by atoms with E-state index in [2.05, 4.69) is 4.67 Å². The van der Waals surface area contributed by atoms with Crippen molar-refractivity contribution in [1.82, 2.24) is 4.67 Å². The van der Waals surface area contributed by atoms with E-state index in [0.29, 0.717) is 15.8 Å². The van der Waals surface area contributed by atoms with Gasteiger partial charge in [0.2, 0.25) is 0 Å². The molecule has 0 saturated carbocycles. The van der Waals surface area contributed by atoms with Crippen molar-refractivity contribution >= 4 is 45.1 Å². The Morgan fingerprint density at radius 3 is 2.06 bits per heavy atom. The minimum Gasteiger partial charge on any atom is -0.0833 e. The molecular weight excluding hydrogens is 289 g/mol. The average molecular weight is 298 g/mol. The van der Waals surface area contributed by atoms with Gasteiger partial charge in [-0.3, -0.25) is 0 Å². The van der Waals surface area contributed by atoms with Gasteiger partial charge < -0.3 is 0 Å². The summed E-state index contributed by atoms with van der Waals surface area (Å²) in [4.78, 5) is 0. The van der Waals surface area contributed by atoms with Gasteiger partial charge in [-0.25, -0.2) is 0 Å². The molecule has 2 aromatic carbocycles. The van der Waals surface area contributed by atoms with Crippen molar-refractivity contribution in [2.75, 3.05) is 0 Å². The second-order valence-corrected chi connectivity index (χ2v) is 4.66. The molecule has 4 heteroatoms. The Balaban J connectivity index is 2.48. The van der Waals surface area contributed by atoms with Crippen molar-refractivity contribution < 1.29 is 0 Å². The van der Waals surface area contributed by atoms with E-state index in [1.54, 1.807) is 12.1 Å². The lowest BCUT2D eigenvalue weighted by Crippen LogP contribution is -2.02. The van der Waals surface area contributed by atoms with Crippen LogP contribution in [-0.4, -0.2) is 10.3 Å². The maximum Gasteiger partial charge on any atom is 0.406 e. The summed E-state index contributed by atoms with van der Waals surface area (Å²) < 4.78 is 4.16. The monoisotopic (exact) mass is 296 g/mol. The molecule has 0 aliphatic heterocycles. The van der Waals surface area contributed by atoms with Gasteiger partial charge in [0.05, 0.1) is 16.1 Å². The first-order valence-corrected chi connectivity index (χ1v) is 6.39. The normalized spacial score (nSPS) is 9.72. The van der Waals surface area contributed by atoms with Crippen LogP contribution in [0.25, 0.3) is 0 Å². The van der Waals surface area contributed by atoms with Crippen LogP contribution in [0.15, 0.2) is 54.6 Å². The molecule has 0 bridgehead atoms. The Bertz CT molecular complexity index is 614. The molecular formula is C14H9Cl3N+. The van der Waals surface area contributed by atoms with Gasteiger partial charge in [-0.2, -0.15) is 0 Å². The molecule has 0 radical (unpaired) electrons. The molecule has 18 heavy (non-hydrogen) atoms. The lowest BCUT2D eigenvalue weighted by Gasteiger charge is -1.92. The van der Waals surface area contributed by atoms with Crippen LogP contribution < -0.4 is 4.67 Å². The second-order valence-electron chi connectivity index (χ2n) is 3.54. The summed E-state index contributed by atoms with van der Waals surface area (Å²) in [5, 5.41) is 1.15. The first-order chi connectivity index (χ1) is 8.68. The van der Waals surface area contributed by atoms with Crippen molar-refractivity contribution in [3.63, 3.8) is 0 Å². The maximum atomic E-state index is 6.12. The quantitative estimate of drug-likeness (QED) is 0.586. The SMILES string of the molecule is ClC(=[N+]=C(Cl)c1ccccc1Cl)c1ccccc1. The highest BCUT2D eigenvalue weighted by atomic mass is 35.5. The third-order valence-corrected chi connectivity index (χ3v) is 3.22. The standard InChI is InChI=1S/C14H9Cl3N/c15-12-9-5-4-8-11(12)14(17)18-13(16)10-6-2-1-3-7-10/h1-9H/q+1. The summed E-state index contributed by atoms with van der Waals surface area (Å²) in [5.74, 6) is 0. The van der Waals surface area contributed by atoms with Crippen LogP contribution in [0.5, 0.6) is 0 Å². The number of benzene rings is 2. The van der Waals surface area contributed by atoms with E-state index in [0.717, 1.165) is 5.56 Å². The first-order valence-electron chi connectivity index (χ1n) is 5.25. The molecule has 0 aromatic heterocycles. The van der Waals surface area contributed by atoms with E-state index < -0.39 is 0 Å². The molecule has 0 saturated heterocycles. The molecule has 1 nitrogen and oxygen atoms in total. The van der Waals surface area contributed by atoms with Crippen LogP contribution in [0.2, 0.25) is 5.02 Å². The number of hydrogen-bond acceptors (Lipinski definition) is 0. The zero-order valence-corrected chi connectivity index (χ0v) is 11.5. The predicted molar refractivity (Wildman–Crippen MR) is 80.0 cm³/mol. The van der Waals surface area contributed by atoms with Gasteiger partial charge in [0.15, 0.2) is 0 Å². The molecule has 90 valence electrons. The summed E-state index contributed by atoms with van der Waals surface area (Å²) in [7, 11) is 0. The maximum absolute atomic E-state index is 6.12. The number of hydrogen-bond donors (Lipinski definition) is 0. The molecule has 0 amide bonds. The molecule has 0 atom stereocenters. The minimum absolute atomic E-state index is 0.273. The Morgan fingerprint density at radius 2 is 1.39 bits per heavy atom. The van der Waals surface area contributed by atoms with E-state index in [9.17, 15) is 0 Å². The molecule has 0 unspecified atom stereocenters. The lowest BCUT2D eigenvalue weighted by atomic mass is 10.2. The van der Waals surface area contributed by atoms with Crippen LogP contribution in [0.4, 0.5) is 0 Å². The van der Waals surface area contributed by atoms with E-state index in [4.69, 9.17) is 34.8 Å². The van der Waals surface area contributed by atoms with Crippen LogP contribution in [0, 0.1) is 0 Å². The lowest BCUT2D eigenvalue weighted by molar-refractivity contribution is 1.58. The molecule has 2 rings (SSSR count). The first kappa shape index (κ1) is 13.2. The highest BCUT2D eigenvalue weighted by molar-refractivity contribution is 6.74. The summed E-state index contributed by atoms with van der Waals surface area (Å²) in [6.07, 6.45) is 0. The third-order valence-electron chi connectivity index (χ3n) is 2.30. The Kier molecular flexibility index (Phi) is 4.46. The molecule has 0 aliphatic carbocycles. The van der Waals surface area contributed by atoms with E-state index in [1.807, 2.05) is 42.5 Å². The number of halogens is 3. The number of rotatable bonds is 2. The highest BCUT2D eigenvalue weighted by Gasteiger charge is 2.16. The van der Waals surface area contributed by atoms with Gasteiger partial charge in [0, 0.05) is 23.2 Å². The van der Waals surface area contributed by atoms with Crippen LogP contribution in [-0.2, 0) is 0 Å². The Labute approximate surface area is 120 Å². The number of nitrogens with zero attached hydrogens (tertiary/aromatic N) is 1. The van der Waals surface area contributed by atoms with Gasteiger partial charge in [-0.05, 0) is 24.3 Å². The smallest absolute Gasteiger partial charge is 0.0833 e. The van der Waals surface area contributed by atoms with Crippen molar-refractivity contribution in [3.05, 3.63) is 70.7 Å². The van der Waals surface area contributed by atoms with Gasteiger partial charge in [-0.15, -0.1) is 0 Å². The van der Waals surface area contributed by atoms with E-state index in [1.165, 1.54) is 0 Å². The zero-order valence-electron chi connectivity index (χ0n) is 9.28. The predicted octanol–water partition coefficient (Wildman–Crippen LogP) is 4.08. The Hall–Kier alpha value is -1.24. The topological polar surface area (TPSA) is 14.1 Å². The highest BCUT2D eigenvalue weighted by Crippen LogP contribution is 2.16. The van der Waals surface area contributed by atoms with Gasteiger partial charge in [0.25, 0.3) is 0 Å². The summed E-state index contributed by atoms with van der Waals surface area (Å²) >= 11 is 18.3. The summed E-state index contributed by atoms with van der Waals surface area (Å²) in [6.45, 7) is 0. The van der Waals surface area contributed by atoms with E-state index >= 15 is 0 Å². The molecule has 0 spiro atoms. The second kappa shape index (κ2) is 6.08. The van der Waals surface area contributed by atoms with Crippen molar-refractivity contribution in [2.45, 2.75) is 0 Å². The van der Waals surface area contributed by atoms with Crippen molar-refractivity contribution in [3.8, 4) is 0 Å². The molecule has 0 heterocycles. The minimum atomic E-state index is 0.273. The fourth-order valence-corrected chi connectivity index (χ4v) is 2.19. The van der Waals surface area contributed by atoms with Gasteiger partial charge in [0.1, 0.15) is 0 Å². The molecule has 2 aromatic rings. The van der Waals surface area contributed by atoms with Crippen molar-refractivity contribution in [1.29, 1.82) is 0 Å². The molecule has 0 N–H and O–H groups in total. The van der Waals surface area contributed by atoms with E-state index in [-0.39, 0.29) is 5.17 Å². The van der Waals surface area contributed by atoms with Crippen molar-refractivity contribution in [2.24, 2.45) is 0 Å². The van der Waals surface area contributed by atoms with Crippen LogP contribution >= 0.6 is 34.8 Å². The fraction of sp³-hybridized carbons (Fsp3) is 0.